The fourth-order valence-corrected chi connectivity index (χ4v) is 2.68. The van der Waals surface area contributed by atoms with Crippen LogP contribution in [-0.2, 0) is 0 Å². The highest BCUT2D eigenvalue weighted by Crippen LogP contribution is 2.32. The van der Waals surface area contributed by atoms with Gasteiger partial charge in [0.25, 0.3) is 5.56 Å². The van der Waals surface area contributed by atoms with Crippen molar-refractivity contribution >= 4 is 17.0 Å². The Hall–Kier alpha value is -2.84. The molecule has 1 amide bonds. The number of H-pyrrole nitrogens is 1. The highest BCUT2D eigenvalue weighted by atomic mass is 19.1. The third-order valence-corrected chi connectivity index (χ3v) is 3.92. The lowest BCUT2D eigenvalue weighted by atomic mass is 10.1. The highest BCUT2D eigenvalue weighted by Gasteiger charge is 2.24. The number of amides is 1. The molecule has 2 N–H and O–H groups in total. The van der Waals surface area contributed by atoms with Gasteiger partial charge in [0.05, 0.1) is 17.2 Å². The molecular weight excluding hydrogens is 321 g/mol. The summed E-state index contributed by atoms with van der Waals surface area (Å²) in [5.41, 5.74) is 0.0348. The minimum atomic E-state index is -1.04. The maximum atomic E-state index is 12.6. The zero-order valence-corrected chi connectivity index (χ0v) is 12.7. The molecule has 1 aliphatic heterocycles. The van der Waals surface area contributed by atoms with E-state index in [2.05, 4.69) is 9.97 Å². The van der Waals surface area contributed by atoms with E-state index in [0.29, 0.717) is 36.8 Å². The van der Waals surface area contributed by atoms with E-state index in [0.717, 1.165) is 0 Å². The Kier molecular flexibility index (Phi) is 4.50. The van der Waals surface area contributed by atoms with Crippen molar-refractivity contribution in [3.63, 3.8) is 0 Å². The zero-order chi connectivity index (χ0) is 17.1. The van der Waals surface area contributed by atoms with Gasteiger partial charge in [-0.3, -0.25) is 4.79 Å². The molecule has 1 aromatic carbocycles. The van der Waals surface area contributed by atoms with E-state index in [1.54, 1.807) is 0 Å². The first-order valence-electron chi connectivity index (χ1n) is 7.43. The lowest BCUT2D eigenvalue weighted by Gasteiger charge is -2.30. The number of alkyl halides is 1. The predicted molar refractivity (Wildman–Crippen MR) is 82.2 cm³/mol. The van der Waals surface area contributed by atoms with Crippen molar-refractivity contribution in [1.82, 2.24) is 14.9 Å². The van der Waals surface area contributed by atoms with Crippen LogP contribution in [-0.4, -0.2) is 52.1 Å². The fraction of sp³-hybridized carbons (Fsp3) is 0.400. The van der Waals surface area contributed by atoms with Gasteiger partial charge in [-0.05, 0) is 6.07 Å². The van der Waals surface area contributed by atoms with Gasteiger partial charge >= 0.3 is 6.09 Å². The molecule has 1 aliphatic rings. The number of aromatic amines is 1. The Bertz CT molecular complexity index is 801. The number of carbonyl (C=O) groups is 1. The summed E-state index contributed by atoms with van der Waals surface area (Å²) in [6.07, 6.45) is 1.06. The molecule has 1 aromatic heterocycles. The lowest BCUT2D eigenvalue weighted by molar-refractivity contribution is 0.0855. The van der Waals surface area contributed by atoms with E-state index < -0.39 is 13.0 Å². The second kappa shape index (κ2) is 6.73. The Morgan fingerprint density at radius 2 is 2.12 bits per heavy atom. The van der Waals surface area contributed by atoms with Gasteiger partial charge in [-0.1, -0.05) is 0 Å². The van der Waals surface area contributed by atoms with E-state index in [1.165, 1.54) is 23.4 Å². The maximum absolute atomic E-state index is 12.6. The van der Waals surface area contributed by atoms with Crippen molar-refractivity contribution < 1.29 is 23.8 Å². The largest absolute Gasteiger partial charge is 0.486 e. The number of ether oxygens (including phenoxy) is 2. The van der Waals surface area contributed by atoms with E-state index >= 15 is 0 Å². The molecule has 9 heteroatoms. The zero-order valence-electron chi connectivity index (χ0n) is 12.7. The third-order valence-electron chi connectivity index (χ3n) is 3.92. The summed E-state index contributed by atoms with van der Waals surface area (Å²) in [6, 6.07) is 2.92. The van der Waals surface area contributed by atoms with Crippen molar-refractivity contribution in [2.24, 2.45) is 0 Å². The minimum Gasteiger partial charge on any atom is -0.486 e. The number of benzene rings is 1. The molecule has 8 nitrogen and oxygen atoms in total. The number of halogens is 1. The number of nitrogens with one attached hydrogen (secondary N) is 1. The number of fused-ring (bicyclic) bond motifs is 1. The molecule has 0 aliphatic carbocycles. The van der Waals surface area contributed by atoms with Gasteiger partial charge in [-0.25, -0.2) is 14.2 Å². The monoisotopic (exact) mass is 337 g/mol. The number of nitrogens with zero attached hydrogens (tertiary/aromatic N) is 2. The Morgan fingerprint density at radius 1 is 1.38 bits per heavy atom. The van der Waals surface area contributed by atoms with E-state index in [4.69, 9.17) is 14.6 Å². The predicted octanol–water partition coefficient (Wildman–Crippen LogP) is 1.75. The van der Waals surface area contributed by atoms with E-state index in [9.17, 15) is 14.0 Å². The van der Waals surface area contributed by atoms with Crippen LogP contribution < -0.4 is 15.0 Å². The van der Waals surface area contributed by atoms with E-state index in [1.807, 2.05) is 0 Å². The molecule has 0 spiro atoms. The molecule has 128 valence electrons. The topological polar surface area (TPSA) is 105 Å². The van der Waals surface area contributed by atoms with Crippen LogP contribution in [0.1, 0.15) is 12.8 Å². The third kappa shape index (κ3) is 3.24. The number of likely N-dealkylation sites (tertiary alicyclic amines) is 1. The Morgan fingerprint density at radius 3 is 2.79 bits per heavy atom. The standard InChI is InChI=1S/C15H16FN3O5/c16-7-23-12-6-11-10(14(20)18-8-17-11)5-13(12)24-9-1-3-19(4-2-9)15(21)22/h5-6,8-9H,1-4,7H2,(H,21,22)(H,17,18,20). The number of piperidine rings is 1. The van der Waals surface area contributed by atoms with Crippen LogP contribution in [0.2, 0.25) is 0 Å². The number of hydrogen-bond donors (Lipinski definition) is 2. The number of carboxylic acid groups (broad SMARTS) is 1. The van der Waals surface area contributed by atoms with Gasteiger partial charge in [0.2, 0.25) is 6.86 Å². The van der Waals surface area contributed by atoms with Crippen LogP contribution in [0.5, 0.6) is 11.5 Å². The van der Waals surface area contributed by atoms with Crippen LogP contribution >= 0.6 is 0 Å². The molecule has 0 atom stereocenters. The first-order chi connectivity index (χ1) is 11.6. The molecule has 0 bridgehead atoms. The molecular formula is C15H16FN3O5. The fourth-order valence-electron chi connectivity index (χ4n) is 2.68. The molecule has 1 saturated heterocycles. The van der Waals surface area contributed by atoms with Crippen molar-refractivity contribution in [3.8, 4) is 11.5 Å². The molecule has 2 heterocycles. The van der Waals surface area contributed by atoms with Gasteiger partial charge in [0, 0.05) is 32.0 Å². The average molecular weight is 337 g/mol. The van der Waals surface area contributed by atoms with Gasteiger partial charge in [-0.2, -0.15) is 0 Å². The molecule has 24 heavy (non-hydrogen) atoms. The summed E-state index contributed by atoms with van der Waals surface area (Å²) in [6.45, 7) is -0.327. The summed E-state index contributed by atoms with van der Waals surface area (Å²) in [5.74, 6) is 0.399. The maximum Gasteiger partial charge on any atom is 0.407 e. The van der Waals surface area contributed by atoms with Gasteiger partial charge in [-0.15, -0.1) is 0 Å². The van der Waals surface area contributed by atoms with Crippen LogP contribution in [0, 0.1) is 0 Å². The number of aromatic nitrogens is 2. The normalized spacial score (nSPS) is 15.5. The van der Waals surface area contributed by atoms with Crippen LogP contribution in [0.25, 0.3) is 10.9 Å². The Labute approximate surface area is 135 Å². The molecule has 1 fully saturated rings. The quantitative estimate of drug-likeness (QED) is 0.881. The lowest BCUT2D eigenvalue weighted by Crippen LogP contribution is -2.41. The van der Waals surface area contributed by atoms with Gasteiger partial charge in [0.15, 0.2) is 11.5 Å². The molecule has 3 rings (SSSR count). The highest BCUT2D eigenvalue weighted by molar-refractivity contribution is 5.81. The first-order valence-corrected chi connectivity index (χ1v) is 7.43. The number of rotatable bonds is 4. The number of hydrogen-bond acceptors (Lipinski definition) is 5. The van der Waals surface area contributed by atoms with E-state index in [-0.39, 0.29) is 23.2 Å². The van der Waals surface area contributed by atoms with Crippen molar-refractivity contribution in [2.75, 3.05) is 20.0 Å². The second-order valence-electron chi connectivity index (χ2n) is 5.39. The minimum absolute atomic E-state index is 0.156. The molecule has 0 radical (unpaired) electrons. The smallest absolute Gasteiger partial charge is 0.407 e. The molecule has 0 saturated carbocycles. The van der Waals surface area contributed by atoms with Crippen molar-refractivity contribution in [1.29, 1.82) is 0 Å². The van der Waals surface area contributed by atoms with Crippen molar-refractivity contribution in [2.45, 2.75) is 18.9 Å². The van der Waals surface area contributed by atoms with Gasteiger partial charge < -0.3 is 24.5 Å². The summed E-state index contributed by atoms with van der Waals surface area (Å²) in [7, 11) is 0. The SMILES string of the molecule is O=C(O)N1CCC(Oc2cc3c(=O)[nH]cnc3cc2OCF)CC1. The van der Waals surface area contributed by atoms with Crippen LogP contribution in [0.4, 0.5) is 9.18 Å². The summed E-state index contributed by atoms with van der Waals surface area (Å²) >= 11 is 0. The van der Waals surface area contributed by atoms with Gasteiger partial charge in [0.1, 0.15) is 6.10 Å². The molecule has 0 unspecified atom stereocenters. The summed E-state index contributed by atoms with van der Waals surface area (Å²) in [5, 5.41) is 9.26. The van der Waals surface area contributed by atoms with Crippen molar-refractivity contribution in [3.05, 3.63) is 28.8 Å². The molecule has 2 aromatic rings. The average Bonchev–Trinajstić information content (AvgIpc) is 2.57. The van der Waals surface area contributed by atoms with Crippen LogP contribution in [0.3, 0.4) is 0 Å². The second-order valence-corrected chi connectivity index (χ2v) is 5.39. The summed E-state index contributed by atoms with van der Waals surface area (Å²) < 4.78 is 23.4. The summed E-state index contributed by atoms with van der Waals surface area (Å²) in [4.78, 5) is 30.6. The Balaban J connectivity index is 1.85. The van der Waals surface area contributed by atoms with Crippen LogP contribution in [0.15, 0.2) is 23.3 Å². The first kappa shape index (κ1) is 16.0.